The lowest BCUT2D eigenvalue weighted by molar-refractivity contribution is -0.0232. The van der Waals surface area contributed by atoms with E-state index in [1.54, 1.807) is 0 Å². The number of carbonyl (C=O) groups excluding carboxylic acids is 1. The number of rotatable bonds is 6. The number of amides is 1. The Kier molecular flexibility index (Phi) is 7.29. The molecule has 0 spiro atoms. The van der Waals surface area contributed by atoms with Crippen molar-refractivity contribution in [2.24, 2.45) is 5.92 Å². The Morgan fingerprint density at radius 3 is 2.60 bits per heavy atom. The van der Waals surface area contributed by atoms with Gasteiger partial charge in [0.25, 0.3) is 0 Å². The molecule has 0 saturated carbocycles. The van der Waals surface area contributed by atoms with Gasteiger partial charge in [-0.2, -0.15) is 0 Å². The predicted octanol–water partition coefficient (Wildman–Crippen LogP) is 3.49. The van der Waals surface area contributed by atoms with Crippen molar-refractivity contribution in [2.45, 2.75) is 39.4 Å². The third kappa shape index (κ3) is 4.94. The maximum absolute atomic E-state index is 11.7. The van der Waals surface area contributed by atoms with Crippen LogP contribution in [0.3, 0.4) is 0 Å². The second kappa shape index (κ2) is 8.46. The zero-order valence-electron chi connectivity index (χ0n) is 12.1. The van der Waals surface area contributed by atoms with E-state index < -0.39 is 18.3 Å². The number of nitrogens with one attached hydrogen (secondary N) is 1. The second-order valence-corrected chi connectivity index (χ2v) is 6.17. The first kappa shape index (κ1) is 17.2. The quantitative estimate of drug-likeness (QED) is 0.730. The standard InChI is InChI=1S/C15H22INO3/c1-4-9-17-15(19)20-14(10(2)3)13(18)11-7-5-6-8-12(11)16/h5-8,10,13-14,18H,4,9H2,1-3H3,(H,17,19)/t13-,14-/m0/s1. The monoisotopic (exact) mass is 391 g/mol. The molecule has 0 aliphatic heterocycles. The summed E-state index contributed by atoms with van der Waals surface area (Å²) in [6.45, 7) is 6.40. The summed E-state index contributed by atoms with van der Waals surface area (Å²) >= 11 is 2.17. The lowest BCUT2D eigenvalue weighted by Crippen LogP contribution is -2.35. The first-order valence-corrected chi connectivity index (χ1v) is 7.92. The predicted molar refractivity (Wildman–Crippen MR) is 87.5 cm³/mol. The van der Waals surface area contributed by atoms with E-state index in [1.807, 2.05) is 45.0 Å². The maximum Gasteiger partial charge on any atom is 0.407 e. The molecule has 112 valence electrons. The van der Waals surface area contributed by atoms with Crippen molar-refractivity contribution >= 4 is 28.7 Å². The fourth-order valence-corrected chi connectivity index (χ4v) is 2.56. The molecular formula is C15H22INO3. The molecule has 0 bridgehead atoms. The summed E-state index contributed by atoms with van der Waals surface area (Å²) < 4.78 is 6.34. The summed E-state index contributed by atoms with van der Waals surface area (Å²) in [5, 5.41) is 13.2. The van der Waals surface area contributed by atoms with Gasteiger partial charge >= 0.3 is 6.09 Å². The number of halogens is 1. The van der Waals surface area contributed by atoms with Crippen molar-refractivity contribution in [2.75, 3.05) is 6.54 Å². The lowest BCUT2D eigenvalue weighted by Gasteiger charge is -2.27. The second-order valence-electron chi connectivity index (χ2n) is 5.01. The molecule has 0 aliphatic carbocycles. The van der Waals surface area contributed by atoms with Crippen molar-refractivity contribution < 1.29 is 14.6 Å². The van der Waals surface area contributed by atoms with Crippen LogP contribution < -0.4 is 5.32 Å². The molecule has 0 radical (unpaired) electrons. The maximum atomic E-state index is 11.7. The van der Waals surface area contributed by atoms with E-state index in [2.05, 4.69) is 27.9 Å². The van der Waals surface area contributed by atoms with Gasteiger partial charge in [-0.05, 0) is 46.6 Å². The van der Waals surface area contributed by atoms with E-state index >= 15 is 0 Å². The molecule has 2 N–H and O–H groups in total. The van der Waals surface area contributed by atoms with Crippen LogP contribution in [0.15, 0.2) is 24.3 Å². The number of aliphatic hydroxyl groups is 1. The van der Waals surface area contributed by atoms with Crippen LogP contribution in [0.5, 0.6) is 0 Å². The van der Waals surface area contributed by atoms with Gasteiger partial charge < -0.3 is 15.2 Å². The summed E-state index contributed by atoms with van der Waals surface area (Å²) in [7, 11) is 0. The van der Waals surface area contributed by atoms with Gasteiger partial charge in [-0.25, -0.2) is 4.79 Å². The van der Waals surface area contributed by atoms with Crippen molar-refractivity contribution in [3.63, 3.8) is 0 Å². The number of benzene rings is 1. The average Bonchev–Trinajstić information content (AvgIpc) is 2.42. The minimum atomic E-state index is -0.824. The molecule has 0 heterocycles. The Hall–Kier alpha value is -0.820. The molecule has 4 nitrogen and oxygen atoms in total. The molecule has 5 heteroatoms. The third-order valence-electron chi connectivity index (χ3n) is 2.95. The number of alkyl carbamates (subject to hydrolysis) is 1. The fourth-order valence-electron chi connectivity index (χ4n) is 1.85. The van der Waals surface area contributed by atoms with E-state index in [0.29, 0.717) is 6.54 Å². The Morgan fingerprint density at radius 1 is 1.40 bits per heavy atom. The van der Waals surface area contributed by atoms with E-state index in [1.165, 1.54) is 0 Å². The Balaban J connectivity index is 2.80. The molecule has 20 heavy (non-hydrogen) atoms. The van der Waals surface area contributed by atoms with Gasteiger partial charge in [-0.15, -0.1) is 0 Å². The smallest absolute Gasteiger partial charge is 0.407 e. The fraction of sp³-hybridized carbons (Fsp3) is 0.533. The van der Waals surface area contributed by atoms with E-state index in [9.17, 15) is 9.90 Å². The highest BCUT2D eigenvalue weighted by molar-refractivity contribution is 14.1. The molecule has 0 aromatic heterocycles. The van der Waals surface area contributed by atoms with E-state index in [4.69, 9.17) is 4.74 Å². The molecule has 1 amide bonds. The number of hydrogen-bond acceptors (Lipinski definition) is 3. The van der Waals surface area contributed by atoms with Gasteiger partial charge in [0.15, 0.2) is 0 Å². The largest absolute Gasteiger partial charge is 0.443 e. The highest BCUT2D eigenvalue weighted by Crippen LogP contribution is 2.28. The molecule has 2 atom stereocenters. The zero-order valence-corrected chi connectivity index (χ0v) is 14.3. The van der Waals surface area contributed by atoms with Gasteiger partial charge in [-0.1, -0.05) is 39.0 Å². The highest BCUT2D eigenvalue weighted by Gasteiger charge is 2.29. The highest BCUT2D eigenvalue weighted by atomic mass is 127. The topological polar surface area (TPSA) is 58.6 Å². The molecule has 0 aliphatic rings. The van der Waals surface area contributed by atoms with Crippen LogP contribution in [-0.4, -0.2) is 23.8 Å². The van der Waals surface area contributed by atoms with Crippen LogP contribution in [0.4, 0.5) is 4.79 Å². The molecule has 0 saturated heterocycles. The van der Waals surface area contributed by atoms with E-state index in [0.717, 1.165) is 15.6 Å². The third-order valence-corrected chi connectivity index (χ3v) is 3.94. The summed E-state index contributed by atoms with van der Waals surface area (Å²) in [5.41, 5.74) is 0.787. The van der Waals surface area contributed by atoms with Gasteiger partial charge in [-0.3, -0.25) is 0 Å². The van der Waals surface area contributed by atoms with Crippen molar-refractivity contribution in [3.05, 3.63) is 33.4 Å². The first-order chi connectivity index (χ1) is 9.47. The number of aliphatic hydroxyl groups excluding tert-OH is 1. The van der Waals surface area contributed by atoms with Crippen molar-refractivity contribution in [1.82, 2.24) is 5.32 Å². The van der Waals surface area contributed by atoms with Crippen molar-refractivity contribution in [1.29, 1.82) is 0 Å². The summed E-state index contributed by atoms with van der Waals surface area (Å²) in [6, 6.07) is 7.56. The van der Waals surface area contributed by atoms with Crippen LogP contribution in [0, 0.1) is 9.49 Å². The molecular weight excluding hydrogens is 369 g/mol. The number of hydrogen-bond donors (Lipinski definition) is 2. The van der Waals surface area contributed by atoms with Gasteiger partial charge in [0.2, 0.25) is 0 Å². The van der Waals surface area contributed by atoms with Gasteiger partial charge in [0.05, 0.1) is 0 Å². The van der Waals surface area contributed by atoms with Crippen LogP contribution in [-0.2, 0) is 4.74 Å². The molecule has 1 rings (SSSR count). The van der Waals surface area contributed by atoms with Crippen LogP contribution >= 0.6 is 22.6 Å². The number of ether oxygens (including phenoxy) is 1. The first-order valence-electron chi connectivity index (χ1n) is 6.84. The SMILES string of the molecule is CCCNC(=O)O[C@@H](C(C)C)[C@@H](O)c1ccccc1I. The molecule has 1 aromatic carbocycles. The summed E-state index contributed by atoms with van der Waals surface area (Å²) in [5.74, 6) is 0.0217. The number of carbonyl (C=O) groups is 1. The molecule has 1 aromatic rings. The van der Waals surface area contributed by atoms with Crippen LogP contribution in [0.2, 0.25) is 0 Å². The normalized spacial score (nSPS) is 13.9. The molecule has 0 fully saturated rings. The Morgan fingerprint density at radius 2 is 2.05 bits per heavy atom. The lowest BCUT2D eigenvalue weighted by atomic mass is 9.96. The Labute approximate surface area is 134 Å². The van der Waals surface area contributed by atoms with Gasteiger partial charge in [0.1, 0.15) is 12.2 Å². The molecule has 0 unspecified atom stereocenters. The van der Waals surface area contributed by atoms with E-state index in [-0.39, 0.29) is 5.92 Å². The Bertz CT molecular complexity index is 437. The van der Waals surface area contributed by atoms with Gasteiger partial charge in [0, 0.05) is 10.1 Å². The van der Waals surface area contributed by atoms with Crippen LogP contribution in [0.1, 0.15) is 38.9 Å². The summed E-state index contributed by atoms with van der Waals surface area (Å²) in [6.07, 6.45) is -1.02. The van der Waals surface area contributed by atoms with Crippen LogP contribution in [0.25, 0.3) is 0 Å². The zero-order chi connectivity index (χ0) is 15.1. The minimum absolute atomic E-state index is 0.0217. The minimum Gasteiger partial charge on any atom is -0.443 e. The van der Waals surface area contributed by atoms with Crippen molar-refractivity contribution in [3.8, 4) is 0 Å². The average molecular weight is 391 g/mol. The summed E-state index contributed by atoms with van der Waals surface area (Å²) in [4.78, 5) is 11.7.